The second-order valence-corrected chi connectivity index (χ2v) is 3.34. The summed E-state index contributed by atoms with van der Waals surface area (Å²) in [5.74, 6) is 0. The van der Waals surface area contributed by atoms with Gasteiger partial charge >= 0.3 is 0 Å². The smallest absolute Gasteiger partial charge is 0.0201 e. The predicted octanol–water partition coefficient (Wildman–Crippen LogP) is 1.82. The molecule has 8 heavy (non-hydrogen) atoms. The Bertz CT molecular complexity index is 54.4. The molecule has 1 rings (SSSR count). The summed E-state index contributed by atoms with van der Waals surface area (Å²) in [5, 5.41) is 0. The topological polar surface area (TPSA) is 3.24 Å². The van der Waals surface area contributed by atoms with Crippen LogP contribution in [0.4, 0.5) is 0 Å². The zero-order chi connectivity index (χ0) is 5.11. The van der Waals surface area contributed by atoms with E-state index >= 15 is 0 Å². The Morgan fingerprint density at radius 2 is 1.50 bits per heavy atom. The monoisotopic (exact) mass is 275 g/mol. The number of halogens is 1. The molecule has 0 atom stereocenters. The van der Waals surface area contributed by atoms with Gasteiger partial charge in [0.2, 0.25) is 0 Å². The van der Waals surface area contributed by atoms with Crippen molar-refractivity contribution in [2.24, 2.45) is 0 Å². The van der Waals surface area contributed by atoms with E-state index in [2.05, 4.69) is 26.0 Å². The zero-order valence-electron chi connectivity index (χ0n) is 5.07. The molecule has 0 saturated carbocycles. The van der Waals surface area contributed by atoms with Crippen molar-refractivity contribution in [3.8, 4) is 0 Å². The number of rotatable bonds is 0. The second-order valence-electron chi connectivity index (χ2n) is 1.97. The van der Waals surface area contributed by atoms with E-state index in [9.17, 15) is 0 Å². The predicted molar refractivity (Wildman–Crippen MR) is 39.4 cm³/mol. The van der Waals surface area contributed by atoms with Crippen molar-refractivity contribution in [3.05, 3.63) is 0 Å². The fourth-order valence-electron chi connectivity index (χ4n) is 0.855. The van der Waals surface area contributed by atoms with Crippen LogP contribution in [0.5, 0.6) is 0 Å². The van der Waals surface area contributed by atoms with Gasteiger partial charge in [0, 0.05) is 55.4 Å². The van der Waals surface area contributed by atoms with E-state index in [1.54, 1.807) is 0 Å². The third kappa shape index (κ3) is 3.36. The normalized spacial score (nSPS) is 22.1. The average Bonchev–Trinajstić information content (AvgIpc) is 1.69. The molecule has 0 aromatic rings. The SMILES string of the molecule is IN1CCCCC1.[Zn]. The van der Waals surface area contributed by atoms with Crippen molar-refractivity contribution < 1.29 is 19.5 Å². The quantitative estimate of drug-likeness (QED) is 0.371. The minimum atomic E-state index is 0. The summed E-state index contributed by atoms with van der Waals surface area (Å²) < 4.78 is 2.36. The summed E-state index contributed by atoms with van der Waals surface area (Å²) in [6.45, 7) is 2.61. The molecule has 1 nitrogen and oxygen atoms in total. The van der Waals surface area contributed by atoms with Crippen LogP contribution >= 0.6 is 22.9 Å². The van der Waals surface area contributed by atoms with Gasteiger partial charge in [-0.15, -0.1) is 0 Å². The minimum Gasteiger partial charge on any atom is -0.248 e. The van der Waals surface area contributed by atoms with Gasteiger partial charge in [-0.1, -0.05) is 6.42 Å². The van der Waals surface area contributed by atoms with Crippen LogP contribution in [0.2, 0.25) is 0 Å². The number of nitrogens with zero attached hydrogens (tertiary/aromatic N) is 1. The van der Waals surface area contributed by atoms with Gasteiger partial charge in [-0.2, -0.15) is 0 Å². The van der Waals surface area contributed by atoms with Gasteiger partial charge in [0.15, 0.2) is 0 Å². The Morgan fingerprint density at radius 1 is 1.00 bits per heavy atom. The van der Waals surface area contributed by atoms with Crippen molar-refractivity contribution in [1.82, 2.24) is 3.11 Å². The summed E-state index contributed by atoms with van der Waals surface area (Å²) in [7, 11) is 0. The number of piperidine rings is 1. The van der Waals surface area contributed by atoms with Crippen LogP contribution in [0, 0.1) is 0 Å². The van der Waals surface area contributed by atoms with Crippen molar-refractivity contribution in [3.63, 3.8) is 0 Å². The molecule has 1 saturated heterocycles. The standard InChI is InChI=1S/C5H10IN.Zn/c6-7-4-2-1-3-5-7;/h1-5H2;. The van der Waals surface area contributed by atoms with E-state index in [1.165, 1.54) is 32.4 Å². The molecular formula is C5H10INZn. The number of hydrogen-bond acceptors (Lipinski definition) is 1. The first-order valence-electron chi connectivity index (χ1n) is 2.80. The fraction of sp³-hybridized carbons (Fsp3) is 1.00. The summed E-state index contributed by atoms with van der Waals surface area (Å²) in [4.78, 5) is 0. The summed E-state index contributed by atoms with van der Waals surface area (Å²) >= 11 is 2.39. The molecule has 0 N–H and O–H groups in total. The molecule has 1 aliphatic heterocycles. The Balaban J connectivity index is 0.000000490. The Hall–Kier alpha value is 1.31. The van der Waals surface area contributed by atoms with Gasteiger partial charge in [-0.3, -0.25) is 0 Å². The van der Waals surface area contributed by atoms with Gasteiger partial charge < -0.3 is 0 Å². The molecule has 1 fully saturated rings. The average molecular weight is 276 g/mol. The Morgan fingerprint density at radius 3 is 1.75 bits per heavy atom. The maximum atomic E-state index is 2.39. The van der Waals surface area contributed by atoms with Crippen LogP contribution in [0.1, 0.15) is 19.3 Å². The summed E-state index contributed by atoms with van der Waals surface area (Å²) in [5.41, 5.74) is 0. The third-order valence-electron chi connectivity index (χ3n) is 1.30. The molecule has 1 heterocycles. The number of hydrogen-bond donors (Lipinski definition) is 0. The third-order valence-corrected chi connectivity index (χ3v) is 2.27. The van der Waals surface area contributed by atoms with Gasteiger partial charge in [-0.05, 0) is 12.8 Å². The molecular weight excluding hydrogens is 266 g/mol. The van der Waals surface area contributed by atoms with Crippen molar-refractivity contribution >= 4 is 22.9 Å². The van der Waals surface area contributed by atoms with Crippen LogP contribution in [0.25, 0.3) is 0 Å². The van der Waals surface area contributed by atoms with Crippen LogP contribution < -0.4 is 0 Å². The molecule has 0 aliphatic carbocycles. The largest absolute Gasteiger partial charge is 0.248 e. The van der Waals surface area contributed by atoms with E-state index in [0.717, 1.165) is 0 Å². The molecule has 0 amide bonds. The first-order chi connectivity index (χ1) is 3.39. The molecule has 0 aromatic heterocycles. The molecule has 0 spiro atoms. The second kappa shape index (κ2) is 5.13. The van der Waals surface area contributed by atoms with Gasteiger partial charge in [0.25, 0.3) is 0 Å². The van der Waals surface area contributed by atoms with Crippen molar-refractivity contribution in [2.45, 2.75) is 19.3 Å². The Kier molecular flexibility index (Phi) is 5.97. The zero-order valence-corrected chi connectivity index (χ0v) is 10.2. The first-order valence-corrected chi connectivity index (χ1v) is 3.77. The van der Waals surface area contributed by atoms with E-state index < -0.39 is 0 Å². The van der Waals surface area contributed by atoms with Crippen LogP contribution in [-0.2, 0) is 19.5 Å². The fourth-order valence-corrected chi connectivity index (χ4v) is 1.54. The molecule has 0 aromatic carbocycles. The minimum absolute atomic E-state index is 0. The molecule has 1 aliphatic rings. The Labute approximate surface area is 77.5 Å². The van der Waals surface area contributed by atoms with E-state index in [4.69, 9.17) is 0 Å². The van der Waals surface area contributed by atoms with Crippen LogP contribution in [-0.4, -0.2) is 16.2 Å². The van der Waals surface area contributed by atoms with E-state index in [1.807, 2.05) is 0 Å². The molecule has 44 valence electrons. The van der Waals surface area contributed by atoms with Crippen LogP contribution in [0.15, 0.2) is 0 Å². The first kappa shape index (κ1) is 9.31. The van der Waals surface area contributed by atoms with Crippen molar-refractivity contribution in [2.75, 3.05) is 13.1 Å². The molecule has 3 heteroatoms. The van der Waals surface area contributed by atoms with Gasteiger partial charge in [-0.25, -0.2) is 3.11 Å². The maximum absolute atomic E-state index is 2.39. The van der Waals surface area contributed by atoms with Crippen LogP contribution in [0.3, 0.4) is 0 Å². The molecule has 0 bridgehead atoms. The summed E-state index contributed by atoms with van der Waals surface area (Å²) in [6, 6.07) is 0. The van der Waals surface area contributed by atoms with E-state index in [0.29, 0.717) is 0 Å². The molecule has 0 unspecified atom stereocenters. The maximum Gasteiger partial charge on any atom is 0.0201 e. The van der Waals surface area contributed by atoms with Gasteiger partial charge in [0.1, 0.15) is 0 Å². The van der Waals surface area contributed by atoms with Gasteiger partial charge in [0.05, 0.1) is 0 Å². The summed E-state index contributed by atoms with van der Waals surface area (Å²) in [6.07, 6.45) is 4.26. The van der Waals surface area contributed by atoms with Crippen molar-refractivity contribution in [1.29, 1.82) is 0 Å². The molecule has 0 radical (unpaired) electrons. The van der Waals surface area contributed by atoms with E-state index in [-0.39, 0.29) is 19.5 Å².